The Labute approximate surface area is 826 Å². The molecule has 1 aliphatic heterocycles. The van der Waals surface area contributed by atoms with Crippen molar-refractivity contribution in [2.45, 2.75) is 316 Å². The molecule has 784 valence electrons. The van der Waals surface area contributed by atoms with Crippen molar-refractivity contribution in [3.05, 3.63) is 0 Å². The number of thioether (sulfide) groups is 1. The molecule has 0 radical (unpaired) electrons. The summed E-state index contributed by atoms with van der Waals surface area (Å²) in [5.41, 5.74) is 11.6. The van der Waals surface area contributed by atoms with E-state index in [-0.39, 0.29) is 93.9 Å². The quantitative estimate of drug-likeness (QED) is 0.0200. The minimum absolute atomic E-state index is 0.000128. The van der Waals surface area contributed by atoms with Gasteiger partial charge in [0, 0.05) is 23.8 Å². The molecule has 1 rings (SSSR count). The van der Waals surface area contributed by atoms with Crippen molar-refractivity contribution < 1.29 is 126 Å². The molecule has 1 aliphatic rings. The molecule has 47 nitrogen and oxygen atoms in total. The van der Waals surface area contributed by atoms with E-state index in [1.165, 1.54) is 37.4 Å². The van der Waals surface area contributed by atoms with E-state index >= 15 is 0 Å². The number of nitrogens with two attached hydrogens (primary N) is 2. The lowest BCUT2D eigenvalue weighted by atomic mass is 9.96. The third-order valence-corrected chi connectivity index (χ3v) is 24.1. The predicted molar refractivity (Wildman–Crippen MR) is 519 cm³/mol. The van der Waals surface area contributed by atoms with Crippen LogP contribution in [0.3, 0.4) is 0 Å². The number of carboxylic acid groups (broad SMARTS) is 3. The number of carbonyl (C=O) groups excluding carboxylic acids is 19. The Bertz CT molecular complexity index is 4140. The Hall–Kier alpha value is -10.4. The first kappa shape index (κ1) is 126. The summed E-state index contributed by atoms with van der Waals surface area (Å²) in [5.74, 6) is -25.7. The number of unbranched alkanes of at least 4 members (excludes halogenated alkanes) is 1. The minimum atomic E-state index is -1.97. The van der Waals surface area contributed by atoms with Gasteiger partial charge in [-0.05, 0) is 139 Å². The standard InChI is InChI=1S/C87H151N21O26S4/c1-19-45(13)67(106-72(118)50(89)37-135)83(129)99-56(32-42(7)8)86(132)108-28-23-25-60(108)80(126)90-35-61(110)103-65(43(9)10)81(127)91-36-62(111)104-69(49(17)109)85(131)95-51(24-21-22-27-88)74(120)105-66(44(11)12)82(128)93-48(16)71(117)97-55(33-63(112)113)77(123)101-59(39-137)79(125)107-68(46(14)20-2)84(130)102-58(38-136)78(124)98-54(31-41(5)6)75(121)94-52(26-29-138-18)73(119)92-47(15)70(116)96-53(30-40(3)4)76(122)100-57(87(133)134)34-64(114)115/h40-60,65-69,109,135-137H,19-39,88-89H2,1-18H3,(H,90,126)(H,91,127)(H,92,119)(H,93,128)(H,94,121)(H,95,131)(H,96,116)(H,97,117)(H,98,124)(H,99,129)(H,100,122)(H,101,123)(H,102,130)(H,103,110)(H,104,111)(H,105,120)(H,106,118)(H,107,125)(H,112,113)(H,114,115)(H,133,134)/t45-,46-,47-,48-,49+,50-,51-,52-,53-,54-,55-,56-,57-,58-,59-,60-,65-,66-,67-,68-,69-/m0/s1. The van der Waals surface area contributed by atoms with Gasteiger partial charge in [0.1, 0.15) is 103 Å². The minimum Gasteiger partial charge on any atom is -0.481 e. The van der Waals surface area contributed by atoms with Crippen molar-refractivity contribution >= 4 is 180 Å². The summed E-state index contributed by atoms with van der Waals surface area (Å²) in [4.78, 5) is 300. The van der Waals surface area contributed by atoms with Gasteiger partial charge in [-0.1, -0.05) is 110 Å². The number of hydrogen-bond donors (Lipinski definition) is 27. The molecule has 0 spiro atoms. The van der Waals surface area contributed by atoms with Crippen LogP contribution in [-0.2, 0) is 105 Å². The van der Waals surface area contributed by atoms with Crippen molar-refractivity contribution in [3.8, 4) is 0 Å². The second-order valence-corrected chi connectivity index (χ2v) is 38.4. The first-order valence-electron chi connectivity index (χ1n) is 46.3. The number of aliphatic hydroxyl groups excluding tert-OH is 1. The molecule has 26 N–H and O–H groups in total. The molecular formula is C87H151N21O26S4. The summed E-state index contributed by atoms with van der Waals surface area (Å²) in [6.07, 6.45) is -0.137. The number of aliphatic hydroxyl groups is 1. The lowest BCUT2D eigenvalue weighted by Gasteiger charge is -2.31. The summed E-state index contributed by atoms with van der Waals surface area (Å²) in [5, 5.41) is 84.0. The fraction of sp³-hybridized carbons (Fsp3) is 0.747. The fourth-order valence-corrected chi connectivity index (χ4v) is 15.1. The molecule has 1 heterocycles. The number of amides is 19. The van der Waals surface area contributed by atoms with Crippen LogP contribution in [0.5, 0.6) is 0 Å². The Kier molecular flexibility index (Phi) is 58.3. The number of carbonyl (C=O) groups is 22. The van der Waals surface area contributed by atoms with E-state index in [1.807, 2.05) is 20.8 Å². The zero-order valence-electron chi connectivity index (χ0n) is 82.0. The molecule has 0 aromatic heterocycles. The van der Waals surface area contributed by atoms with E-state index in [1.54, 1.807) is 68.6 Å². The first-order valence-corrected chi connectivity index (χ1v) is 49.6. The smallest absolute Gasteiger partial charge is 0.326 e. The van der Waals surface area contributed by atoms with Crippen LogP contribution in [-0.4, -0.2) is 326 Å². The molecule has 0 saturated carbocycles. The SMILES string of the molecule is CC[C@H](C)[C@H](NC(=O)[C@H](CS)NC(=O)[C@H](CC(=O)O)NC(=O)[C@H](C)NC(=O)[C@@H](NC(=O)[C@H](CCCCN)NC(=O)[C@@H](NC(=O)CNC(=O)[C@@H](NC(=O)CNC(=O)[C@@H]1CCCN1C(=O)[C@H](CC(C)C)NC(=O)[C@@H](NC(=O)[C@@H](N)CS)[C@@H](C)CC)C(C)C)[C@@H](C)O)C(C)C)C(=O)N[C@@H](CS)C(=O)N[C@@H](CC(C)C)C(=O)N[C@@H](CCSC)C(=O)N[C@@H](C)C(=O)N[C@@H](CC(C)C)C(=O)N[C@@H](CC(=O)O)C(=O)O. The molecule has 0 aliphatic carbocycles. The maximum absolute atomic E-state index is 14.3. The molecule has 51 heteroatoms. The van der Waals surface area contributed by atoms with Gasteiger partial charge in [-0.25, -0.2) is 4.79 Å². The summed E-state index contributed by atoms with van der Waals surface area (Å²) >= 11 is 13.9. The maximum Gasteiger partial charge on any atom is 0.326 e. The normalized spacial score (nSPS) is 16.8. The Morgan fingerprint density at radius 2 is 0.739 bits per heavy atom. The molecule has 0 aromatic rings. The fourth-order valence-electron chi connectivity index (χ4n) is 14.0. The number of carboxylic acids is 3. The second kappa shape index (κ2) is 64.1. The van der Waals surface area contributed by atoms with Crippen LogP contribution in [0.15, 0.2) is 0 Å². The highest BCUT2D eigenvalue weighted by Gasteiger charge is 2.43. The molecule has 0 unspecified atom stereocenters. The predicted octanol–water partition coefficient (Wildman–Crippen LogP) is -5.04. The summed E-state index contributed by atoms with van der Waals surface area (Å²) in [7, 11) is 0. The molecule has 19 amide bonds. The Balaban J connectivity index is 3.29. The molecule has 0 bridgehead atoms. The average Bonchev–Trinajstić information content (AvgIpc) is 1.65. The van der Waals surface area contributed by atoms with E-state index in [4.69, 9.17) is 11.5 Å². The first-order chi connectivity index (χ1) is 64.5. The number of nitrogens with zero attached hydrogens (tertiary/aromatic N) is 1. The van der Waals surface area contributed by atoms with Crippen molar-refractivity contribution in [1.82, 2.24) is 101 Å². The number of likely N-dealkylation sites (tertiary alicyclic amines) is 1. The van der Waals surface area contributed by atoms with Gasteiger partial charge < -0.3 is 132 Å². The second-order valence-electron chi connectivity index (χ2n) is 36.3. The molecule has 1 saturated heterocycles. The monoisotopic (exact) mass is 2030 g/mol. The van der Waals surface area contributed by atoms with Crippen molar-refractivity contribution in [2.24, 2.45) is 52.9 Å². The zero-order chi connectivity index (χ0) is 106. The van der Waals surface area contributed by atoms with Gasteiger partial charge >= 0.3 is 17.9 Å². The highest BCUT2D eigenvalue weighted by molar-refractivity contribution is 7.98. The average molecular weight is 2040 g/mol. The third-order valence-electron chi connectivity index (χ3n) is 22.4. The van der Waals surface area contributed by atoms with E-state index < -0.39 is 300 Å². The highest BCUT2D eigenvalue weighted by atomic mass is 32.2. The number of rotatable bonds is 65. The summed E-state index contributed by atoms with van der Waals surface area (Å²) in [6.45, 7) is 25.9. The molecular weight excluding hydrogens is 1880 g/mol. The van der Waals surface area contributed by atoms with Crippen LogP contribution in [0.25, 0.3) is 0 Å². The van der Waals surface area contributed by atoms with E-state index in [2.05, 4.69) is 134 Å². The molecule has 0 aromatic carbocycles. The van der Waals surface area contributed by atoms with Crippen LogP contribution in [0.2, 0.25) is 0 Å². The number of thiol groups is 3. The van der Waals surface area contributed by atoms with Crippen molar-refractivity contribution in [2.75, 3.05) is 55.4 Å². The molecule has 138 heavy (non-hydrogen) atoms. The number of aliphatic carboxylic acids is 3. The molecule has 1 fully saturated rings. The Morgan fingerprint density at radius 1 is 0.384 bits per heavy atom. The zero-order valence-corrected chi connectivity index (χ0v) is 85.5. The third kappa shape index (κ3) is 44.8. The topological polar surface area (TPSA) is 728 Å². The van der Waals surface area contributed by atoms with Crippen molar-refractivity contribution in [1.29, 1.82) is 0 Å². The lowest BCUT2D eigenvalue weighted by molar-refractivity contribution is -0.147. The Morgan fingerprint density at radius 3 is 1.20 bits per heavy atom. The molecule has 21 atom stereocenters. The number of hydrogen-bond acceptors (Lipinski definition) is 29. The van der Waals surface area contributed by atoms with E-state index in [0.29, 0.717) is 25.0 Å². The maximum atomic E-state index is 14.3. The van der Waals surface area contributed by atoms with Gasteiger partial charge in [0.05, 0.1) is 38.1 Å². The summed E-state index contributed by atoms with van der Waals surface area (Å²) in [6, 6.07) is -25.8. The van der Waals surface area contributed by atoms with Crippen LogP contribution in [0.4, 0.5) is 0 Å². The highest BCUT2D eigenvalue weighted by Crippen LogP contribution is 2.23. The van der Waals surface area contributed by atoms with E-state index in [9.17, 15) is 126 Å². The van der Waals surface area contributed by atoms with Gasteiger partial charge in [0.15, 0.2) is 0 Å². The summed E-state index contributed by atoms with van der Waals surface area (Å²) < 4.78 is 0. The van der Waals surface area contributed by atoms with Crippen LogP contribution >= 0.6 is 49.6 Å². The van der Waals surface area contributed by atoms with Crippen LogP contribution in [0, 0.1) is 41.4 Å². The van der Waals surface area contributed by atoms with E-state index in [0.717, 1.165) is 13.8 Å². The largest absolute Gasteiger partial charge is 0.481 e. The van der Waals surface area contributed by atoms with Crippen molar-refractivity contribution in [3.63, 3.8) is 0 Å². The van der Waals surface area contributed by atoms with Gasteiger partial charge in [-0.2, -0.15) is 49.6 Å². The number of nitrogens with one attached hydrogen (secondary N) is 18. The van der Waals surface area contributed by atoms with Crippen LogP contribution < -0.4 is 107 Å². The van der Waals surface area contributed by atoms with Crippen LogP contribution in [0.1, 0.15) is 201 Å². The lowest BCUT2D eigenvalue weighted by Crippen LogP contribution is -2.62. The van der Waals surface area contributed by atoms with Gasteiger partial charge in [-0.15, -0.1) is 0 Å². The van der Waals surface area contributed by atoms with Gasteiger partial charge in [-0.3, -0.25) is 101 Å². The van der Waals surface area contributed by atoms with Gasteiger partial charge in [0.25, 0.3) is 0 Å². The van der Waals surface area contributed by atoms with Gasteiger partial charge in [0.2, 0.25) is 112 Å².